The molecule has 0 radical (unpaired) electrons. The van der Waals surface area contributed by atoms with Gasteiger partial charge in [0.15, 0.2) is 3.95 Å². The largest absolute Gasteiger partial charge is 0.466 e. The molecule has 2 heterocycles. The van der Waals surface area contributed by atoms with Crippen LogP contribution in [-0.4, -0.2) is 17.6 Å². The third kappa shape index (κ3) is 3.24. The molecule has 2 aromatic heterocycles. The molecule has 0 fully saturated rings. The van der Waals surface area contributed by atoms with E-state index in [2.05, 4.69) is 4.98 Å². The van der Waals surface area contributed by atoms with Crippen LogP contribution in [0.15, 0.2) is 17.5 Å². The molecule has 3 nitrogen and oxygen atoms in total. The Balaban J connectivity index is 2.11. The van der Waals surface area contributed by atoms with Crippen molar-refractivity contribution in [1.29, 1.82) is 0 Å². The summed E-state index contributed by atoms with van der Waals surface area (Å²) in [5.74, 6) is -0.181. The van der Waals surface area contributed by atoms with Gasteiger partial charge in [0, 0.05) is 10.3 Å². The molecule has 0 amide bonds. The highest BCUT2D eigenvalue weighted by molar-refractivity contribution is 7.73. The van der Waals surface area contributed by atoms with Crippen LogP contribution in [0.2, 0.25) is 0 Å². The summed E-state index contributed by atoms with van der Waals surface area (Å²) in [6.45, 7) is 2.23. The summed E-state index contributed by atoms with van der Waals surface area (Å²) in [6, 6.07) is 3.94. The fraction of sp³-hybridized carbons (Fsp3) is 0.273. The van der Waals surface area contributed by atoms with Crippen LogP contribution in [0.5, 0.6) is 0 Å². The number of H-pyrrole nitrogens is 1. The van der Waals surface area contributed by atoms with Crippen molar-refractivity contribution in [2.75, 3.05) is 6.61 Å². The van der Waals surface area contributed by atoms with Gasteiger partial charge < -0.3 is 9.72 Å². The molecule has 6 heteroatoms. The first kappa shape index (κ1) is 12.5. The van der Waals surface area contributed by atoms with Crippen LogP contribution in [-0.2, 0) is 16.0 Å². The molecule has 0 atom stereocenters. The predicted molar refractivity (Wildman–Crippen MR) is 73.2 cm³/mol. The molecule has 0 aliphatic rings. The number of aromatic nitrogens is 1. The second-order valence-electron chi connectivity index (χ2n) is 3.31. The smallest absolute Gasteiger partial charge is 0.311 e. The number of carbonyl (C=O) groups is 1. The number of carbonyl (C=O) groups excluding carboxylic acids is 1. The fourth-order valence-electron chi connectivity index (χ4n) is 1.37. The maximum atomic E-state index is 11.3. The number of rotatable bonds is 4. The fourth-order valence-corrected chi connectivity index (χ4v) is 3.25. The lowest BCUT2D eigenvalue weighted by molar-refractivity contribution is -0.142. The molecule has 2 rings (SSSR count). The van der Waals surface area contributed by atoms with Crippen LogP contribution in [0.25, 0.3) is 10.6 Å². The number of hydrogen-bond acceptors (Lipinski definition) is 5. The maximum Gasteiger partial charge on any atom is 0.311 e. The van der Waals surface area contributed by atoms with E-state index in [0.29, 0.717) is 13.0 Å². The van der Waals surface area contributed by atoms with E-state index < -0.39 is 0 Å². The quantitative estimate of drug-likeness (QED) is 0.689. The predicted octanol–water partition coefficient (Wildman–Crippen LogP) is 3.64. The van der Waals surface area contributed by atoms with Crippen LogP contribution >= 0.6 is 34.9 Å². The first-order valence-corrected chi connectivity index (χ1v) is 7.22. The summed E-state index contributed by atoms with van der Waals surface area (Å²) in [5, 5.41) is 1.99. The molecule has 17 heavy (non-hydrogen) atoms. The molecular formula is C11H11NO2S3. The van der Waals surface area contributed by atoms with E-state index >= 15 is 0 Å². The highest BCUT2D eigenvalue weighted by Gasteiger charge is 2.08. The van der Waals surface area contributed by atoms with Gasteiger partial charge in [-0.1, -0.05) is 0 Å². The molecule has 0 aromatic carbocycles. The van der Waals surface area contributed by atoms with Crippen molar-refractivity contribution in [2.24, 2.45) is 0 Å². The number of nitrogens with one attached hydrogen (secondary N) is 1. The van der Waals surface area contributed by atoms with Gasteiger partial charge in [0.1, 0.15) is 0 Å². The van der Waals surface area contributed by atoms with Gasteiger partial charge in [0.25, 0.3) is 0 Å². The number of esters is 1. The molecule has 0 saturated carbocycles. The van der Waals surface area contributed by atoms with E-state index in [-0.39, 0.29) is 5.97 Å². The van der Waals surface area contributed by atoms with Gasteiger partial charge in [-0.15, -0.1) is 22.7 Å². The van der Waals surface area contributed by atoms with Gasteiger partial charge in [-0.3, -0.25) is 4.79 Å². The van der Waals surface area contributed by atoms with Crippen molar-refractivity contribution in [3.8, 4) is 10.6 Å². The second kappa shape index (κ2) is 5.57. The molecule has 0 spiro atoms. The number of ether oxygens (including phenoxy) is 1. The van der Waals surface area contributed by atoms with Crippen LogP contribution in [0, 0.1) is 3.95 Å². The Morgan fingerprint density at radius 2 is 2.35 bits per heavy atom. The van der Waals surface area contributed by atoms with E-state index in [1.165, 1.54) is 11.3 Å². The molecule has 0 aliphatic heterocycles. The molecular weight excluding hydrogens is 274 g/mol. The van der Waals surface area contributed by atoms with Crippen LogP contribution in [0.3, 0.4) is 0 Å². The van der Waals surface area contributed by atoms with Gasteiger partial charge in [-0.25, -0.2) is 0 Å². The molecule has 2 aromatic rings. The first-order chi connectivity index (χ1) is 8.19. The molecule has 0 bridgehead atoms. The summed E-state index contributed by atoms with van der Waals surface area (Å²) >= 11 is 8.12. The normalized spacial score (nSPS) is 10.4. The molecule has 0 saturated heterocycles. The van der Waals surface area contributed by atoms with Gasteiger partial charge in [0.2, 0.25) is 0 Å². The van der Waals surface area contributed by atoms with E-state index in [0.717, 1.165) is 19.4 Å². The number of aromatic amines is 1. The summed E-state index contributed by atoms with van der Waals surface area (Å²) in [6.07, 6.45) is 0.337. The van der Waals surface area contributed by atoms with Crippen LogP contribution in [0.1, 0.15) is 11.8 Å². The average Bonchev–Trinajstić information content (AvgIpc) is 2.87. The Bertz CT molecular complexity index is 567. The molecule has 1 N–H and O–H groups in total. The van der Waals surface area contributed by atoms with Crippen molar-refractivity contribution in [3.05, 3.63) is 26.3 Å². The minimum Gasteiger partial charge on any atom is -0.466 e. The zero-order valence-electron chi connectivity index (χ0n) is 9.19. The SMILES string of the molecule is CCOC(=O)Cc1ccc(-c2csc(=S)[nH]2)s1. The Morgan fingerprint density at radius 3 is 3.00 bits per heavy atom. The van der Waals surface area contributed by atoms with Crippen molar-refractivity contribution < 1.29 is 9.53 Å². The van der Waals surface area contributed by atoms with Crippen molar-refractivity contribution >= 4 is 40.9 Å². The minimum atomic E-state index is -0.181. The Kier molecular flexibility index (Phi) is 4.09. The average molecular weight is 285 g/mol. The Hall–Kier alpha value is -0.980. The molecule has 0 aliphatic carbocycles. The van der Waals surface area contributed by atoms with Gasteiger partial charge in [0.05, 0.1) is 23.6 Å². The molecule has 0 unspecified atom stereocenters. The Labute approximate surface area is 112 Å². The lowest BCUT2D eigenvalue weighted by Crippen LogP contribution is -2.05. The van der Waals surface area contributed by atoms with Gasteiger partial charge in [-0.05, 0) is 31.3 Å². The third-order valence-electron chi connectivity index (χ3n) is 2.07. The second-order valence-corrected chi connectivity index (χ2v) is 6.02. The highest BCUT2D eigenvalue weighted by atomic mass is 32.1. The van der Waals surface area contributed by atoms with Gasteiger partial charge >= 0.3 is 5.97 Å². The zero-order valence-corrected chi connectivity index (χ0v) is 11.6. The standard InChI is InChI=1S/C11H11NO2S3/c1-2-14-10(13)5-7-3-4-9(17-7)8-6-16-11(15)12-8/h3-4,6H,2,5H2,1H3,(H,12,15). The minimum absolute atomic E-state index is 0.181. The van der Waals surface area contributed by atoms with E-state index in [4.69, 9.17) is 17.0 Å². The van der Waals surface area contributed by atoms with E-state index in [9.17, 15) is 4.79 Å². The highest BCUT2D eigenvalue weighted by Crippen LogP contribution is 2.28. The summed E-state index contributed by atoms with van der Waals surface area (Å²) in [4.78, 5) is 16.5. The monoisotopic (exact) mass is 285 g/mol. The Morgan fingerprint density at radius 1 is 1.53 bits per heavy atom. The maximum absolute atomic E-state index is 11.3. The van der Waals surface area contributed by atoms with E-state index in [1.54, 1.807) is 11.3 Å². The van der Waals surface area contributed by atoms with E-state index in [1.807, 2.05) is 24.4 Å². The summed E-state index contributed by atoms with van der Waals surface area (Å²) in [7, 11) is 0. The summed E-state index contributed by atoms with van der Waals surface area (Å²) < 4.78 is 5.67. The lowest BCUT2D eigenvalue weighted by Gasteiger charge is -1.98. The summed E-state index contributed by atoms with van der Waals surface area (Å²) in [5.41, 5.74) is 1.01. The topological polar surface area (TPSA) is 42.1 Å². The van der Waals surface area contributed by atoms with Crippen LogP contribution < -0.4 is 0 Å². The van der Waals surface area contributed by atoms with Crippen molar-refractivity contribution in [1.82, 2.24) is 4.98 Å². The lowest BCUT2D eigenvalue weighted by atomic mass is 10.3. The number of hydrogen-bond donors (Lipinski definition) is 1. The number of thiophene rings is 1. The number of thiazole rings is 1. The first-order valence-electron chi connectivity index (χ1n) is 5.11. The molecule has 90 valence electrons. The zero-order chi connectivity index (χ0) is 12.3. The van der Waals surface area contributed by atoms with Crippen molar-refractivity contribution in [2.45, 2.75) is 13.3 Å². The van der Waals surface area contributed by atoms with Crippen LogP contribution in [0.4, 0.5) is 0 Å². The van der Waals surface area contributed by atoms with Crippen molar-refractivity contribution in [3.63, 3.8) is 0 Å². The third-order valence-corrected chi connectivity index (χ3v) is 4.25. The van der Waals surface area contributed by atoms with Gasteiger partial charge in [-0.2, -0.15) is 0 Å².